The molecule has 0 aliphatic carbocycles. The summed E-state index contributed by atoms with van der Waals surface area (Å²) < 4.78 is 0. The number of nitrogen functional groups attached to an aromatic ring is 1. The number of hydrogen-bond donors (Lipinski definition) is 1. The number of hydrogen-bond acceptors (Lipinski definition) is 6. The van der Waals surface area contributed by atoms with Gasteiger partial charge in [-0.05, 0) is 18.4 Å². The molecule has 1 aliphatic heterocycles. The number of rotatable bonds is 2. The monoisotopic (exact) mass is 294 g/mol. The molecular weight excluding hydrogens is 276 g/mol. The van der Waals surface area contributed by atoms with E-state index in [1.807, 2.05) is 23.2 Å². The van der Waals surface area contributed by atoms with Gasteiger partial charge in [-0.3, -0.25) is 4.90 Å². The third-order valence-electron chi connectivity index (χ3n) is 3.76. The molecule has 0 saturated carbocycles. The van der Waals surface area contributed by atoms with Gasteiger partial charge in [-0.2, -0.15) is 11.8 Å². The van der Waals surface area contributed by atoms with Crippen molar-refractivity contribution in [3.63, 3.8) is 0 Å². The minimum atomic E-state index is 0.558. The Morgan fingerprint density at radius 3 is 3.11 bits per heavy atom. The fourth-order valence-corrected chi connectivity index (χ4v) is 4.35. The number of nitrogens with two attached hydrogens (primary N) is 1. The molecule has 0 aromatic carbocycles. The van der Waals surface area contributed by atoms with Crippen molar-refractivity contribution in [2.75, 3.05) is 18.0 Å². The van der Waals surface area contributed by atoms with Gasteiger partial charge in [0.1, 0.15) is 16.5 Å². The zero-order chi connectivity index (χ0) is 13.4. The first kappa shape index (κ1) is 13.1. The Balaban J connectivity index is 1.84. The van der Waals surface area contributed by atoms with Crippen LogP contribution in [-0.4, -0.2) is 38.5 Å². The largest absolute Gasteiger partial charge is 0.383 e. The standard InChI is InChI=1S/C13H18N4S2/c1-8-9(2)18-6-4-17(8)7-11-15-12(14)10-3-5-19-13(10)16-11/h3,5,8-9H,4,6-7H2,1-2H3,(H2,14,15,16). The summed E-state index contributed by atoms with van der Waals surface area (Å²) >= 11 is 3.67. The highest BCUT2D eigenvalue weighted by molar-refractivity contribution is 8.00. The predicted octanol–water partition coefficient (Wildman–Crippen LogP) is 2.60. The number of anilines is 1. The Morgan fingerprint density at radius 2 is 2.26 bits per heavy atom. The molecule has 1 aliphatic rings. The summed E-state index contributed by atoms with van der Waals surface area (Å²) in [6.45, 7) is 6.47. The molecule has 0 spiro atoms. The second-order valence-electron chi connectivity index (χ2n) is 4.95. The Labute approximate surface area is 121 Å². The van der Waals surface area contributed by atoms with E-state index in [-0.39, 0.29) is 0 Å². The maximum Gasteiger partial charge on any atom is 0.146 e. The second-order valence-corrected chi connectivity index (χ2v) is 7.33. The lowest BCUT2D eigenvalue weighted by Gasteiger charge is -2.36. The van der Waals surface area contributed by atoms with Crippen LogP contribution >= 0.6 is 23.1 Å². The van der Waals surface area contributed by atoms with Gasteiger partial charge in [0.2, 0.25) is 0 Å². The fraction of sp³-hybridized carbons (Fsp3) is 0.538. The Bertz CT molecular complexity index is 583. The summed E-state index contributed by atoms with van der Waals surface area (Å²) in [7, 11) is 0. The molecule has 2 unspecified atom stereocenters. The van der Waals surface area contributed by atoms with Crippen LogP contribution in [0, 0.1) is 0 Å². The van der Waals surface area contributed by atoms with E-state index in [2.05, 4.69) is 28.7 Å². The molecule has 3 heterocycles. The molecule has 102 valence electrons. The summed E-state index contributed by atoms with van der Waals surface area (Å²) in [5.74, 6) is 2.63. The molecule has 3 rings (SSSR count). The molecule has 2 atom stereocenters. The van der Waals surface area contributed by atoms with Crippen LogP contribution in [0.2, 0.25) is 0 Å². The zero-order valence-corrected chi connectivity index (χ0v) is 12.8. The number of fused-ring (bicyclic) bond motifs is 1. The molecular formula is C13H18N4S2. The molecule has 6 heteroatoms. The van der Waals surface area contributed by atoms with Crippen LogP contribution in [0.1, 0.15) is 19.7 Å². The first-order valence-corrected chi connectivity index (χ1v) is 8.43. The molecule has 2 aromatic rings. The average molecular weight is 294 g/mol. The van der Waals surface area contributed by atoms with Crippen molar-refractivity contribution in [1.29, 1.82) is 0 Å². The minimum Gasteiger partial charge on any atom is -0.383 e. The quantitative estimate of drug-likeness (QED) is 0.922. The van der Waals surface area contributed by atoms with Gasteiger partial charge in [-0.15, -0.1) is 11.3 Å². The van der Waals surface area contributed by atoms with Gasteiger partial charge in [0.15, 0.2) is 0 Å². The van der Waals surface area contributed by atoms with Crippen molar-refractivity contribution >= 4 is 39.1 Å². The van der Waals surface area contributed by atoms with Crippen molar-refractivity contribution in [1.82, 2.24) is 14.9 Å². The van der Waals surface area contributed by atoms with Crippen molar-refractivity contribution in [2.24, 2.45) is 0 Å². The molecule has 2 aromatic heterocycles. The second kappa shape index (κ2) is 5.26. The van der Waals surface area contributed by atoms with Gasteiger partial charge in [-0.25, -0.2) is 9.97 Å². The summed E-state index contributed by atoms with van der Waals surface area (Å²) in [5, 5.41) is 3.66. The number of aromatic nitrogens is 2. The van der Waals surface area contributed by atoms with Crippen LogP contribution in [0.15, 0.2) is 11.4 Å². The lowest BCUT2D eigenvalue weighted by Crippen LogP contribution is -2.44. The Hall–Kier alpha value is -0.850. The highest BCUT2D eigenvalue weighted by atomic mass is 32.2. The van der Waals surface area contributed by atoms with E-state index in [0.29, 0.717) is 17.1 Å². The van der Waals surface area contributed by atoms with E-state index < -0.39 is 0 Å². The van der Waals surface area contributed by atoms with Gasteiger partial charge in [0.05, 0.1) is 11.9 Å². The van der Waals surface area contributed by atoms with E-state index in [9.17, 15) is 0 Å². The highest BCUT2D eigenvalue weighted by Crippen LogP contribution is 2.27. The summed E-state index contributed by atoms with van der Waals surface area (Å²) in [6.07, 6.45) is 0. The number of thioether (sulfide) groups is 1. The molecule has 1 fully saturated rings. The van der Waals surface area contributed by atoms with Crippen LogP contribution in [-0.2, 0) is 6.54 Å². The van der Waals surface area contributed by atoms with Gasteiger partial charge < -0.3 is 5.73 Å². The molecule has 2 N–H and O–H groups in total. The van der Waals surface area contributed by atoms with E-state index >= 15 is 0 Å². The first-order chi connectivity index (χ1) is 9.15. The van der Waals surface area contributed by atoms with E-state index in [0.717, 1.165) is 29.1 Å². The first-order valence-electron chi connectivity index (χ1n) is 6.50. The Morgan fingerprint density at radius 1 is 1.42 bits per heavy atom. The van der Waals surface area contributed by atoms with E-state index in [1.54, 1.807) is 11.3 Å². The van der Waals surface area contributed by atoms with Crippen LogP contribution < -0.4 is 5.73 Å². The summed E-state index contributed by atoms with van der Waals surface area (Å²) in [4.78, 5) is 12.5. The smallest absolute Gasteiger partial charge is 0.146 e. The SMILES string of the molecule is CC1SCCN(Cc2nc(N)c3ccsc3n2)C1C. The molecule has 0 bridgehead atoms. The summed E-state index contributed by atoms with van der Waals surface area (Å²) in [6, 6.07) is 2.55. The van der Waals surface area contributed by atoms with Crippen LogP contribution in [0.25, 0.3) is 10.2 Å². The number of thiophene rings is 1. The van der Waals surface area contributed by atoms with E-state index in [4.69, 9.17) is 5.73 Å². The molecule has 0 radical (unpaired) electrons. The summed E-state index contributed by atoms with van der Waals surface area (Å²) in [5.41, 5.74) is 6.00. The van der Waals surface area contributed by atoms with Gasteiger partial charge >= 0.3 is 0 Å². The molecule has 1 saturated heterocycles. The zero-order valence-electron chi connectivity index (χ0n) is 11.2. The number of nitrogens with zero attached hydrogens (tertiary/aromatic N) is 3. The predicted molar refractivity (Wildman–Crippen MR) is 83.6 cm³/mol. The van der Waals surface area contributed by atoms with Crippen molar-refractivity contribution in [3.05, 3.63) is 17.3 Å². The molecule has 19 heavy (non-hydrogen) atoms. The normalized spacial score (nSPS) is 24.9. The third kappa shape index (κ3) is 2.57. The van der Waals surface area contributed by atoms with Gasteiger partial charge in [0.25, 0.3) is 0 Å². The third-order valence-corrected chi connectivity index (χ3v) is 5.90. The van der Waals surface area contributed by atoms with Crippen molar-refractivity contribution in [2.45, 2.75) is 31.7 Å². The Kier molecular flexibility index (Phi) is 3.64. The van der Waals surface area contributed by atoms with Gasteiger partial charge in [-0.1, -0.05) is 6.92 Å². The lowest BCUT2D eigenvalue weighted by atomic mass is 10.2. The van der Waals surface area contributed by atoms with Crippen LogP contribution in [0.5, 0.6) is 0 Å². The fourth-order valence-electron chi connectivity index (χ4n) is 2.40. The maximum atomic E-state index is 6.00. The van der Waals surface area contributed by atoms with Gasteiger partial charge in [0, 0.05) is 23.6 Å². The van der Waals surface area contributed by atoms with Crippen molar-refractivity contribution < 1.29 is 0 Å². The van der Waals surface area contributed by atoms with Crippen molar-refractivity contribution in [3.8, 4) is 0 Å². The lowest BCUT2D eigenvalue weighted by molar-refractivity contribution is 0.200. The minimum absolute atomic E-state index is 0.558. The average Bonchev–Trinajstić information content (AvgIpc) is 2.84. The molecule has 4 nitrogen and oxygen atoms in total. The van der Waals surface area contributed by atoms with Crippen LogP contribution in [0.4, 0.5) is 5.82 Å². The highest BCUT2D eigenvalue weighted by Gasteiger charge is 2.25. The van der Waals surface area contributed by atoms with E-state index in [1.165, 1.54) is 5.75 Å². The topological polar surface area (TPSA) is 55.0 Å². The molecule has 0 amide bonds. The maximum absolute atomic E-state index is 6.00. The van der Waals surface area contributed by atoms with Crippen LogP contribution in [0.3, 0.4) is 0 Å².